The van der Waals surface area contributed by atoms with Crippen molar-refractivity contribution >= 4 is 27.3 Å². The molecule has 1 amide bonds. The Morgan fingerprint density at radius 2 is 1.63 bits per heavy atom. The molecule has 0 atom stereocenters. The van der Waals surface area contributed by atoms with Crippen molar-refractivity contribution in [1.82, 2.24) is 9.62 Å². The second kappa shape index (κ2) is 9.18. The van der Waals surface area contributed by atoms with Gasteiger partial charge in [-0.05, 0) is 36.4 Å². The Labute approximate surface area is 173 Å². The highest BCUT2D eigenvalue weighted by Gasteiger charge is 2.27. The fraction of sp³-hybridized carbons (Fsp3) is 0.316. The number of anilines is 1. The molecule has 160 valence electrons. The van der Waals surface area contributed by atoms with Crippen LogP contribution in [-0.2, 0) is 10.0 Å². The molecule has 30 heavy (non-hydrogen) atoms. The van der Waals surface area contributed by atoms with E-state index in [0.29, 0.717) is 26.2 Å². The Balaban J connectivity index is 1.48. The molecule has 1 aliphatic rings. The Morgan fingerprint density at radius 3 is 2.20 bits per heavy atom. The van der Waals surface area contributed by atoms with Crippen molar-refractivity contribution < 1.29 is 22.5 Å². The maximum absolute atomic E-state index is 13.0. The van der Waals surface area contributed by atoms with Gasteiger partial charge in [0.05, 0.1) is 10.7 Å². The van der Waals surface area contributed by atoms with Gasteiger partial charge in [0.25, 0.3) is 11.6 Å². The van der Waals surface area contributed by atoms with Gasteiger partial charge in [0.1, 0.15) is 5.82 Å². The van der Waals surface area contributed by atoms with E-state index >= 15 is 0 Å². The first-order valence-electron chi connectivity index (χ1n) is 9.27. The molecule has 9 nitrogen and oxygen atoms in total. The number of hydrogen-bond acceptors (Lipinski definition) is 6. The monoisotopic (exact) mass is 436 g/mol. The minimum atomic E-state index is -3.55. The number of benzene rings is 2. The standard InChI is InChI=1S/C19H21FN4O5S/c20-16-3-7-17(8-4-16)22-10-12-23(13-11-22)30(28,29)14-9-21-19(25)15-1-5-18(6-2-15)24(26)27/h1-8H,9-14H2,(H,21,25). The average Bonchev–Trinajstić information content (AvgIpc) is 2.74. The molecule has 1 saturated heterocycles. The van der Waals surface area contributed by atoms with Crippen LogP contribution in [0, 0.1) is 15.9 Å². The van der Waals surface area contributed by atoms with Crippen LogP contribution in [0.3, 0.4) is 0 Å². The second-order valence-corrected chi connectivity index (χ2v) is 8.83. The highest BCUT2D eigenvalue weighted by atomic mass is 32.2. The quantitative estimate of drug-likeness (QED) is 0.521. The highest BCUT2D eigenvalue weighted by molar-refractivity contribution is 7.89. The number of rotatable bonds is 7. The van der Waals surface area contributed by atoms with Gasteiger partial charge in [0.2, 0.25) is 10.0 Å². The van der Waals surface area contributed by atoms with Gasteiger partial charge in [0.15, 0.2) is 0 Å². The van der Waals surface area contributed by atoms with Crippen molar-refractivity contribution in [3.05, 3.63) is 70.0 Å². The van der Waals surface area contributed by atoms with Gasteiger partial charge in [0, 0.05) is 56.1 Å². The van der Waals surface area contributed by atoms with Gasteiger partial charge in [-0.1, -0.05) is 0 Å². The molecule has 0 spiro atoms. The van der Waals surface area contributed by atoms with E-state index in [1.54, 1.807) is 12.1 Å². The summed E-state index contributed by atoms with van der Waals surface area (Å²) < 4.78 is 39.5. The largest absolute Gasteiger partial charge is 0.369 e. The Morgan fingerprint density at radius 1 is 1.03 bits per heavy atom. The maximum atomic E-state index is 13.0. The molecular formula is C19H21FN4O5S. The lowest BCUT2D eigenvalue weighted by Gasteiger charge is -2.35. The summed E-state index contributed by atoms with van der Waals surface area (Å²) in [6.45, 7) is 1.50. The first kappa shape index (κ1) is 21.7. The van der Waals surface area contributed by atoms with E-state index in [9.17, 15) is 27.7 Å². The van der Waals surface area contributed by atoms with Crippen molar-refractivity contribution in [2.75, 3.05) is 43.4 Å². The lowest BCUT2D eigenvalue weighted by molar-refractivity contribution is -0.384. The minimum absolute atomic E-state index is 0.0731. The van der Waals surface area contributed by atoms with E-state index in [0.717, 1.165) is 5.69 Å². The van der Waals surface area contributed by atoms with E-state index in [4.69, 9.17) is 0 Å². The smallest absolute Gasteiger partial charge is 0.269 e. The van der Waals surface area contributed by atoms with Gasteiger partial charge in [-0.3, -0.25) is 14.9 Å². The van der Waals surface area contributed by atoms with Crippen molar-refractivity contribution in [3.63, 3.8) is 0 Å². The summed E-state index contributed by atoms with van der Waals surface area (Å²) in [6.07, 6.45) is 0. The van der Waals surface area contributed by atoms with Crippen LogP contribution in [0.1, 0.15) is 10.4 Å². The van der Waals surface area contributed by atoms with Crippen LogP contribution in [0.2, 0.25) is 0 Å². The molecule has 0 unspecified atom stereocenters. The van der Waals surface area contributed by atoms with Crippen LogP contribution >= 0.6 is 0 Å². The normalized spacial score (nSPS) is 15.0. The predicted molar refractivity (Wildman–Crippen MR) is 109 cm³/mol. The van der Waals surface area contributed by atoms with Crippen LogP contribution in [0.15, 0.2) is 48.5 Å². The van der Waals surface area contributed by atoms with Crippen LogP contribution in [0.4, 0.5) is 15.8 Å². The van der Waals surface area contributed by atoms with Gasteiger partial charge >= 0.3 is 0 Å². The van der Waals surface area contributed by atoms with E-state index in [1.165, 1.54) is 40.7 Å². The molecule has 0 aliphatic carbocycles. The van der Waals surface area contributed by atoms with Crippen LogP contribution in [0.25, 0.3) is 0 Å². The summed E-state index contributed by atoms with van der Waals surface area (Å²) >= 11 is 0. The molecule has 1 fully saturated rings. The number of amides is 1. The number of halogens is 1. The van der Waals surface area contributed by atoms with E-state index in [2.05, 4.69) is 5.32 Å². The summed E-state index contributed by atoms with van der Waals surface area (Å²) in [5, 5.41) is 13.2. The van der Waals surface area contributed by atoms with Crippen LogP contribution in [-0.4, -0.2) is 62.0 Å². The Hall–Kier alpha value is -3.05. The zero-order chi connectivity index (χ0) is 21.7. The number of nitro benzene ring substituents is 1. The van der Waals surface area contributed by atoms with Crippen LogP contribution < -0.4 is 10.2 Å². The summed E-state index contributed by atoms with van der Waals surface area (Å²) in [6, 6.07) is 11.1. The van der Waals surface area contributed by atoms with E-state index in [-0.39, 0.29) is 29.4 Å². The third-order valence-corrected chi connectivity index (χ3v) is 6.68. The average molecular weight is 436 g/mol. The lowest BCUT2D eigenvalue weighted by Crippen LogP contribution is -2.50. The predicted octanol–water partition coefficient (Wildman–Crippen LogP) is 1.62. The Kier molecular flexibility index (Phi) is 6.63. The van der Waals surface area contributed by atoms with Crippen molar-refractivity contribution in [2.24, 2.45) is 0 Å². The summed E-state index contributed by atoms with van der Waals surface area (Å²) in [7, 11) is -3.55. The molecular weight excluding hydrogens is 415 g/mol. The number of nitro groups is 1. The molecule has 1 aliphatic heterocycles. The summed E-state index contributed by atoms with van der Waals surface area (Å²) in [5.41, 5.74) is 0.920. The van der Waals surface area contributed by atoms with E-state index in [1.807, 2.05) is 4.90 Å². The lowest BCUT2D eigenvalue weighted by atomic mass is 10.2. The molecule has 2 aromatic carbocycles. The number of non-ortho nitro benzene ring substituents is 1. The molecule has 11 heteroatoms. The molecule has 1 heterocycles. The number of hydrogen-bond donors (Lipinski definition) is 1. The van der Waals surface area contributed by atoms with Crippen molar-refractivity contribution in [1.29, 1.82) is 0 Å². The van der Waals surface area contributed by atoms with Crippen LogP contribution in [0.5, 0.6) is 0 Å². The summed E-state index contributed by atoms with van der Waals surface area (Å²) in [5.74, 6) is -1.07. The van der Waals surface area contributed by atoms with Crippen molar-refractivity contribution in [3.8, 4) is 0 Å². The van der Waals surface area contributed by atoms with Gasteiger partial charge < -0.3 is 10.2 Å². The third kappa shape index (κ3) is 5.30. The minimum Gasteiger partial charge on any atom is -0.369 e. The van der Waals surface area contributed by atoms with Crippen molar-refractivity contribution in [2.45, 2.75) is 0 Å². The third-order valence-electron chi connectivity index (χ3n) is 4.81. The summed E-state index contributed by atoms with van der Waals surface area (Å²) in [4.78, 5) is 24.2. The fourth-order valence-corrected chi connectivity index (χ4v) is 4.47. The number of nitrogens with zero attached hydrogens (tertiary/aromatic N) is 3. The Bertz CT molecular complexity index is 1000. The number of piperazine rings is 1. The maximum Gasteiger partial charge on any atom is 0.269 e. The zero-order valence-corrected chi connectivity index (χ0v) is 16.8. The SMILES string of the molecule is O=C(NCCS(=O)(=O)N1CCN(c2ccc(F)cc2)CC1)c1ccc([N+](=O)[O-])cc1. The fourth-order valence-electron chi connectivity index (χ4n) is 3.14. The van der Waals surface area contributed by atoms with E-state index < -0.39 is 20.9 Å². The van der Waals surface area contributed by atoms with Gasteiger partial charge in [-0.2, -0.15) is 4.31 Å². The second-order valence-electron chi connectivity index (χ2n) is 6.74. The number of sulfonamides is 1. The zero-order valence-electron chi connectivity index (χ0n) is 16.0. The molecule has 1 N–H and O–H groups in total. The first-order chi connectivity index (χ1) is 14.3. The molecule has 0 saturated carbocycles. The molecule has 0 aromatic heterocycles. The molecule has 3 rings (SSSR count). The number of nitrogens with one attached hydrogen (secondary N) is 1. The topological polar surface area (TPSA) is 113 Å². The van der Waals surface area contributed by atoms with Gasteiger partial charge in [-0.15, -0.1) is 0 Å². The number of carbonyl (C=O) groups excluding carboxylic acids is 1. The first-order valence-corrected chi connectivity index (χ1v) is 10.9. The molecule has 0 radical (unpaired) electrons. The highest BCUT2D eigenvalue weighted by Crippen LogP contribution is 2.18. The molecule has 2 aromatic rings. The van der Waals surface area contributed by atoms with Gasteiger partial charge in [-0.25, -0.2) is 12.8 Å². The molecule has 0 bridgehead atoms. The number of carbonyl (C=O) groups is 1.